The van der Waals surface area contributed by atoms with Crippen molar-refractivity contribution in [3.8, 4) is 6.07 Å². The van der Waals surface area contributed by atoms with Crippen LogP contribution in [0, 0.1) is 11.3 Å². The van der Waals surface area contributed by atoms with Crippen molar-refractivity contribution in [1.29, 1.82) is 5.26 Å². The lowest BCUT2D eigenvalue weighted by atomic mass is 9.82. The molecule has 1 heterocycles. The van der Waals surface area contributed by atoms with Crippen molar-refractivity contribution in [2.24, 2.45) is 0 Å². The van der Waals surface area contributed by atoms with Crippen LogP contribution in [-0.2, 0) is 9.53 Å². The Hall–Kier alpha value is -1.81. The molecule has 1 unspecified atom stereocenters. The zero-order valence-electron chi connectivity index (χ0n) is 17.1. The van der Waals surface area contributed by atoms with E-state index in [2.05, 4.69) is 21.6 Å². The first-order valence-corrected chi connectivity index (χ1v) is 10.1. The topological polar surface area (TPSA) is 94.5 Å². The van der Waals surface area contributed by atoms with E-state index in [1.165, 1.54) is 0 Å². The molecule has 1 saturated heterocycles. The molecule has 1 aliphatic heterocycles. The summed E-state index contributed by atoms with van der Waals surface area (Å²) in [6.45, 7) is 8.88. The number of carbonyl (C=O) groups excluding carboxylic acids is 2. The van der Waals surface area contributed by atoms with Crippen LogP contribution in [0.25, 0.3) is 0 Å². The largest absolute Gasteiger partial charge is 0.444 e. The van der Waals surface area contributed by atoms with Gasteiger partial charge in [0.05, 0.1) is 12.1 Å². The monoisotopic (exact) mass is 378 g/mol. The molecule has 7 heteroatoms. The Morgan fingerprint density at radius 2 is 1.78 bits per heavy atom. The van der Waals surface area contributed by atoms with Gasteiger partial charge in [-0.05, 0) is 53.4 Å². The van der Waals surface area contributed by atoms with Gasteiger partial charge in [-0.3, -0.25) is 9.69 Å². The van der Waals surface area contributed by atoms with Crippen LogP contribution in [0.1, 0.15) is 72.6 Å². The van der Waals surface area contributed by atoms with E-state index in [9.17, 15) is 14.9 Å². The second-order valence-electron chi connectivity index (χ2n) is 8.88. The lowest BCUT2D eigenvalue weighted by molar-refractivity contribution is -0.128. The molecular weight excluding hydrogens is 344 g/mol. The Morgan fingerprint density at radius 3 is 2.30 bits per heavy atom. The summed E-state index contributed by atoms with van der Waals surface area (Å²) in [6, 6.07) is 2.13. The van der Waals surface area contributed by atoms with Gasteiger partial charge in [0.25, 0.3) is 0 Å². The second kappa shape index (κ2) is 8.92. The number of ether oxygens (including phenoxy) is 1. The van der Waals surface area contributed by atoms with Gasteiger partial charge in [-0.2, -0.15) is 5.26 Å². The number of alkyl carbamates (subject to hydrolysis) is 1. The van der Waals surface area contributed by atoms with E-state index in [0.717, 1.165) is 58.0 Å². The van der Waals surface area contributed by atoms with Crippen molar-refractivity contribution in [2.75, 3.05) is 13.1 Å². The summed E-state index contributed by atoms with van der Waals surface area (Å²) < 4.78 is 5.30. The molecular formula is C20H34N4O3. The van der Waals surface area contributed by atoms with Crippen LogP contribution in [0.2, 0.25) is 0 Å². The molecule has 0 radical (unpaired) electrons. The highest BCUT2D eigenvalue weighted by atomic mass is 16.6. The van der Waals surface area contributed by atoms with E-state index in [1.807, 2.05) is 27.7 Å². The second-order valence-corrected chi connectivity index (χ2v) is 8.88. The van der Waals surface area contributed by atoms with Crippen molar-refractivity contribution in [2.45, 2.75) is 95.9 Å². The number of carbonyl (C=O) groups is 2. The van der Waals surface area contributed by atoms with Gasteiger partial charge in [-0.15, -0.1) is 0 Å². The number of nitrogens with one attached hydrogen (secondary N) is 2. The fraction of sp³-hybridized carbons (Fsp3) is 0.850. The van der Waals surface area contributed by atoms with Gasteiger partial charge in [0.1, 0.15) is 11.1 Å². The lowest BCUT2D eigenvalue weighted by Gasteiger charge is -2.38. The minimum atomic E-state index is -0.694. The average molecular weight is 379 g/mol. The zero-order valence-corrected chi connectivity index (χ0v) is 17.1. The van der Waals surface area contributed by atoms with Crippen molar-refractivity contribution in [3.05, 3.63) is 0 Å². The predicted octanol–water partition coefficient (Wildman–Crippen LogP) is 2.71. The maximum Gasteiger partial charge on any atom is 0.407 e. The number of piperidine rings is 1. The van der Waals surface area contributed by atoms with Gasteiger partial charge in [-0.1, -0.05) is 19.3 Å². The van der Waals surface area contributed by atoms with E-state index >= 15 is 0 Å². The highest BCUT2D eigenvalue weighted by molar-refractivity contribution is 5.82. The number of amides is 2. The number of hydrogen-bond donors (Lipinski definition) is 2. The normalized spacial score (nSPS) is 22.3. The third-order valence-corrected chi connectivity index (χ3v) is 5.46. The first-order valence-electron chi connectivity index (χ1n) is 10.1. The van der Waals surface area contributed by atoms with Gasteiger partial charge >= 0.3 is 6.09 Å². The van der Waals surface area contributed by atoms with Gasteiger partial charge in [0.2, 0.25) is 5.91 Å². The SMILES string of the molecule is CC(C(=O)NC1(C#N)CCCCC1)N1CCC(NC(=O)OC(C)(C)C)CC1. The van der Waals surface area contributed by atoms with Crippen LogP contribution >= 0.6 is 0 Å². The van der Waals surface area contributed by atoms with Crippen LogP contribution in [0.5, 0.6) is 0 Å². The minimum Gasteiger partial charge on any atom is -0.444 e. The molecule has 2 fully saturated rings. The van der Waals surface area contributed by atoms with E-state index in [0.29, 0.717) is 0 Å². The molecule has 0 aromatic carbocycles. The molecule has 2 aliphatic rings. The molecule has 1 aliphatic carbocycles. The number of nitrogens with zero attached hydrogens (tertiary/aromatic N) is 2. The Morgan fingerprint density at radius 1 is 1.19 bits per heavy atom. The number of likely N-dealkylation sites (tertiary alicyclic amines) is 1. The molecule has 27 heavy (non-hydrogen) atoms. The molecule has 2 N–H and O–H groups in total. The molecule has 7 nitrogen and oxygen atoms in total. The van der Waals surface area contributed by atoms with E-state index in [-0.39, 0.29) is 24.1 Å². The number of rotatable bonds is 4. The molecule has 1 atom stereocenters. The third kappa shape index (κ3) is 6.39. The fourth-order valence-electron chi connectivity index (χ4n) is 3.83. The minimum absolute atomic E-state index is 0.0650. The molecule has 0 spiro atoms. The fourth-order valence-corrected chi connectivity index (χ4v) is 3.83. The summed E-state index contributed by atoms with van der Waals surface area (Å²) in [7, 11) is 0. The summed E-state index contributed by atoms with van der Waals surface area (Å²) in [5.74, 6) is -0.0722. The molecule has 2 rings (SSSR count). The predicted molar refractivity (Wildman–Crippen MR) is 103 cm³/mol. The van der Waals surface area contributed by atoms with Gasteiger partial charge in [-0.25, -0.2) is 4.79 Å². The Balaban J connectivity index is 1.80. The van der Waals surface area contributed by atoms with E-state index in [1.54, 1.807) is 0 Å². The Bertz CT molecular complexity index is 565. The summed E-state index contributed by atoms with van der Waals surface area (Å²) in [5, 5.41) is 15.5. The summed E-state index contributed by atoms with van der Waals surface area (Å²) >= 11 is 0. The molecule has 2 amide bonds. The van der Waals surface area contributed by atoms with Crippen molar-refractivity contribution in [3.63, 3.8) is 0 Å². The average Bonchev–Trinajstić information content (AvgIpc) is 2.61. The van der Waals surface area contributed by atoms with Crippen molar-refractivity contribution < 1.29 is 14.3 Å². The third-order valence-electron chi connectivity index (χ3n) is 5.46. The van der Waals surface area contributed by atoms with Gasteiger partial charge in [0.15, 0.2) is 0 Å². The Labute approximate surface area is 162 Å². The van der Waals surface area contributed by atoms with Crippen molar-refractivity contribution in [1.82, 2.24) is 15.5 Å². The molecule has 0 aromatic heterocycles. The van der Waals surface area contributed by atoms with Gasteiger partial charge in [0, 0.05) is 19.1 Å². The first kappa shape index (κ1) is 21.5. The molecule has 0 aromatic rings. The zero-order chi connectivity index (χ0) is 20.1. The Kier molecular flexibility index (Phi) is 7.10. The highest BCUT2D eigenvalue weighted by Crippen LogP contribution is 2.28. The smallest absolute Gasteiger partial charge is 0.407 e. The molecule has 0 bridgehead atoms. The number of nitriles is 1. The molecule has 152 valence electrons. The molecule has 1 saturated carbocycles. The highest BCUT2D eigenvalue weighted by Gasteiger charge is 2.36. The summed E-state index contributed by atoms with van der Waals surface area (Å²) in [5.41, 5.74) is -1.20. The van der Waals surface area contributed by atoms with Crippen LogP contribution in [-0.4, -0.2) is 53.2 Å². The summed E-state index contributed by atoms with van der Waals surface area (Å²) in [6.07, 6.45) is 5.76. The maximum absolute atomic E-state index is 12.7. The van der Waals surface area contributed by atoms with Crippen LogP contribution in [0.3, 0.4) is 0 Å². The van der Waals surface area contributed by atoms with Crippen LogP contribution in [0.15, 0.2) is 0 Å². The first-order chi connectivity index (χ1) is 12.6. The van der Waals surface area contributed by atoms with E-state index < -0.39 is 11.1 Å². The standard InChI is InChI=1S/C20H34N4O3/c1-15(17(25)23-20(14-21)10-6-5-7-11-20)24-12-8-16(9-13-24)22-18(26)27-19(2,3)4/h15-16H,5-13H2,1-4H3,(H,22,26)(H,23,25). The maximum atomic E-state index is 12.7. The van der Waals surface area contributed by atoms with Crippen LogP contribution in [0.4, 0.5) is 4.79 Å². The van der Waals surface area contributed by atoms with E-state index in [4.69, 9.17) is 4.74 Å². The number of hydrogen-bond acceptors (Lipinski definition) is 5. The van der Waals surface area contributed by atoms with Crippen LogP contribution < -0.4 is 10.6 Å². The van der Waals surface area contributed by atoms with Gasteiger partial charge < -0.3 is 15.4 Å². The quantitative estimate of drug-likeness (QED) is 0.784. The van der Waals surface area contributed by atoms with Crippen molar-refractivity contribution >= 4 is 12.0 Å². The lowest BCUT2D eigenvalue weighted by Crippen LogP contribution is -2.57. The summed E-state index contributed by atoms with van der Waals surface area (Å²) in [4.78, 5) is 26.7.